The number of rotatable bonds is 4. The van der Waals surface area contributed by atoms with Crippen LogP contribution in [0.15, 0.2) is 24.4 Å². The van der Waals surface area contributed by atoms with E-state index >= 15 is 0 Å². The quantitative estimate of drug-likeness (QED) is 0.854. The first-order chi connectivity index (χ1) is 8.24. The molecule has 0 radical (unpaired) electrons. The normalized spacial score (nSPS) is 10.8. The second kappa shape index (κ2) is 5.10. The Morgan fingerprint density at radius 2 is 2.24 bits per heavy atom. The monoisotopic (exact) mass is 234 g/mol. The number of H-pyrrole nitrogens is 1. The number of halogens is 1. The van der Waals surface area contributed by atoms with E-state index in [1.54, 1.807) is 18.3 Å². The van der Waals surface area contributed by atoms with Gasteiger partial charge in [0.25, 0.3) is 0 Å². The van der Waals surface area contributed by atoms with Crippen molar-refractivity contribution in [3.8, 4) is 11.3 Å². The molecule has 2 aromatic rings. The van der Waals surface area contributed by atoms with Crippen molar-refractivity contribution in [2.45, 2.75) is 26.4 Å². The summed E-state index contributed by atoms with van der Waals surface area (Å²) in [5, 5.41) is 8.96. The van der Waals surface area contributed by atoms with E-state index < -0.39 is 0 Å². The van der Waals surface area contributed by atoms with Gasteiger partial charge in [-0.25, -0.2) is 9.37 Å². The van der Waals surface area contributed by atoms with Crippen molar-refractivity contribution in [2.24, 2.45) is 0 Å². The number of imidazole rings is 1. The Balaban J connectivity index is 2.42. The van der Waals surface area contributed by atoms with Gasteiger partial charge < -0.3 is 10.1 Å². The van der Waals surface area contributed by atoms with E-state index in [0.29, 0.717) is 5.82 Å². The first-order valence-corrected chi connectivity index (χ1v) is 5.68. The van der Waals surface area contributed by atoms with E-state index in [-0.39, 0.29) is 12.4 Å². The van der Waals surface area contributed by atoms with Crippen molar-refractivity contribution in [3.05, 3.63) is 41.6 Å². The molecule has 3 nitrogen and oxygen atoms in total. The fraction of sp³-hybridized carbons (Fsp3) is 0.308. The molecule has 0 amide bonds. The zero-order valence-electron chi connectivity index (χ0n) is 9.70. The van der Waals surface area contributed by atoms with Gasteiger partial charge >= 0.3 is 0 Å². The van der Waals surface area contributed by atoms with Crippen molar-refractivity contribution in [2.75, 3.05) is 0 Å². The summed E-state index contributed by atoms with van der Waals surface area (Å²) in [4.78, 5) is 7.05. The van der Waals surface area contributed by atoms with E-state index in [4.69, 9.17) is 5.11 Å². The fourth-order valence-electron chi connectivity index (χ4n) is 1.88. The van der Waals surface area contributed by atoms with Crippen LogP contribution >= 0.6 is 0 Å². The van der Waals surface area contributed by atoms with E-state index in [0.717, 1.165) is 29.7 Å². The molecule has 0 saturated carbocycles. The zero-order valence-corrected chi connectivity index (χ0v) is 9.70. The number of aliphatic hydroxyl groups is 1. The molecule has 0 fully saturated rings. The smallest absolute Gasteiger partial charge is 0.132 e. The molecular formula is C13H15FN2O. The van der Waals surface area contributed by atoms with Crippen LogP contribution in [-0.2, 0) is 13.0 Å². The molecule has 1 aromatic carbocycles. The summed E-state index contributed by atoms with van der Waals surface area (Å²) in [7, 11) is 0. The molecule has 1 heterocycles. The van der Waals surface area contributed by atoms with Gasteiger partial charge in [-0.2, -0.15) is 0 Å². The molecule has 0 bridgehead atoms. The first kappa shape index (κ1) is 11.8. The number of aryl methyl sites for hydroxylation is 1. The lowest BCUT2D eigenvalue weighted by Crippen LogP contribution is -1.92. The molecule has 0 saturated heterocycles. The third-order valence-electron chi connectivity index (χ3n) is 2.66. The van der Waals surface area contributed by atoms with Crippen LogP contribution in [0.4, 0.5) is 4.39 Å². The molecule has 0 aliphatic rings. The lowest BCUT2D eigenvalue weighted by Gasteiger charge is -2.06. The number of benzene rings is 1. The van der Waals surface area contributed by atoms with E-state index in [2.05, 4.69) is 16.9 Å². The highest BCUT2D eigenvalue weighted by molar-refractivity contribution is 5.63. The lowest BCUT2D eigenvalue weighted by molar-refractivity contribution is 0.272. The Morgan fingerprint density at radius 3 is 2.88 bits per heavy atom. The highest BCUT2D eigenvalue weighted by Crippen LogP contribution is 2.24. The summed E-state index contributed by atoms with van der Waals surface area (Å²) in [6, 6.07) is 4.74. The van der Waals surface area contributed by atoms with Crippen LogP contribution in [0.3, 0.4) is 0 Å². The van der Waals surface area contributed by atoms with Crippen LogP contribution in [0.5, 0.6) is 0 Å². The van der Waals surface area contributed by atoms with Gasteiger partial charge in [-0.05, 0) is 30.2 Å². The molecule has 0 atom stereocenters. The number of nitrogens with zero attached hydrogens (tertiary/aromatic N) is 1. The first-order valence-electron chi connectivity index (χ1n) is 5.68. The average molecular weight is 234 g/mol. The topological polar surface area (TPSA) is 48.9 Å². The third kappa shape index (κ3) is 2.53. The predicted octanol–water partition coefficient (Wildman–Crippen LogP) is 2.66. The van der Waals surface area contributed by atoms with E-state index in [9.17, 15) is 4.39 Å². The van der Waals surface area contributed by atoms with Crippen molar-refractivity contribution >= 4 is 0 Å². The van der Waals surface area contributed by atoms with Crippen molar-refractivity contribution in [1.29, 1.82) is 0 Å². The Labute approximate surface area is 99.3 Å². The molecule has 0 spiro atoms. The Kier molecular flexibility index (Phi) is 3.54. The van der Waals surface area contributed by atoms with Crippen molar-refractivity contribution in [1.82, 2.24) is 9.97 Å². The Hall–Kier alpha value is -1.68. The zero-order chi connectivity index (χ0) is 12.3. The molecule has 2 N–H and O–H groups in total. The minimum Gasteiger partial charge on any atom is -0.388 e. The van der Waals surface area contributed by atoms with Gasteiger partial charge in [0, 0.05) is 5.56 Å². The predicted molar refractivity (Wildman–Crippen MR) is 63.9 cm³/mol. The molecule has 0 aliphatic heterocycles. The molecule has 1 aromatic heterocycles. The Bertz CT molecular complexity index is 508. The number of hydrogen-bond acceptors (Lipinski definition) is 2. The van der Waals surface area contributed by atoms with Gasteiger partial charge in [0.2, 0.25) is 0 Å². The fourth-order valence-corrected chi connectivity index (χ4v) is 1.88. The van der Waals surface area contributed by atoms with Gasteiger partial charge in [0.05, 0.1) is 11.9 Å². The van der Waals surface area contributed by atoms with Gasteiger partial charge in [-0.15, -0.1) is 0 Å². The maximum atomic E-state index is 13.2. The second-order valence-electron chi connectivity index (χ2n) is 3.95. The van der Waals surface area contributed by atoms with Crippen LogP contribution in [0.2, 0.25) is 0 Å². The van der Waals surface area contributed by atoms with Gasteiger partial charge in [-0.3, -0.25) is 0 Å². The van der Waals surface area contributed by atoms with Crippen molar-refractivity contribution < 1.29 is 9.50 Å². The number of hydrogen-bond donors (Lipinski definition) is 2. The second-order valence-corrected chi connectivity index (χ2v) is 3.95. The maximum Gasteiger partial charge on any atom is 0.132 e. The van der Waals surface area contributed by atoms with Crippen LogP contribution in [0.1, 0.15) is 24.7 Å². The lowest BCUT2D eigenvalue weighted by atomic mass is 10.0. The van der Waals surface area contributed by atoms with Crippen LogP contribution in [0, 0.1) is 5.82 Å². The van der Waals surface area contributed by atoms with Crippen molar-refractivity contribution in [3.63, 3.8) is 0 Å². The highest BCUT2D eigenvalue weighted by atomic mass is 19.1. The summed E-state index contributed by atoms with van der Waals surface area (Å²) in [5.41, 5.74) is 2.72. The SMILES string of the molecule is CCCc1cc(F)ccc1-c1cnc(CO)[nH]1. The Morgan fingerprint density at radius 1 is 1.41 bits per heavy atom. The number of nitrogens with one attached hydrogen (secondary N) is 1. The number of aliphatic hydroxyl groups excluding tert-OH is 1. The average Bonchev–Trinajstić information content (AvgIpc) is 2.78. The van der Waals surface area contributed by atoms with E-state index in [1.165, 1.54) is 6.07 Å². The number of aromatic nitrogens is 2. The van der Waals surface area contributed by atoms with Gasteiger partial charge in [0.15, 0.2) is 0 Å². The molecule has 4 heteroatoms. The highest BCUT2D eigenvalue weighted by Gasteiger charge is 2.08. The molecule has 2 rings (SSSR count). The maximum absolute atomic E-state index is 13.2. The largest absolute Gasteiger partial charge is 0.388 e. The molecular weight excluding hydrogens is 219 g/mol. The minimum absolute atomic E-state index is 0.121. The summed E-state index contributed by atoms with van der Waals surface area (Å²) in [5.74, 6) is 0.297. The van der Waals surface area contributed by atoms with Crippen LogP contribution in [0.25, 0.3) is 11.3 Å². The molecule has 17 heavy (non-hydrogen) atoms. The summed E-state index contributed by atoms with van der Waals surface area (Å²) >= 11 is 0. The summed E-state index contributed by atoms with van der Waals surface area (Å²) in [6.07, 6.45) is 3.44. The minimum atomic E-state index is -0.223. The molecule has 0 unspecified atom stereocenters. The summed E-state index contributed by atoms with van der Waals surface area (Å²) in [6.45, 7) is 1.94. The summed E-state index contributed by atoms with van der Waals surface area (Å²) < 4.78 is 13.2. The van der Waals surface area contributed by atoms with Gasteiger partial charge in [-0.1, -0.05) is 13.3 Å². The molecule has 0 aliphatic carbocycles. The molecule has 90 valence electrons. The van der Waals surface area contributed by atoms with Crippen LogP contribution in [-0.4, -0.2) is 15.1 Å². The van der Waals surface area contributed by atoms with Gasteiger partial charge in [0.1, 0.15) is 18.2 Å². The van der Waals surface area contributed by atoms with E-state index in [1.807, 2.05) is 0 Å². The third-order valence-corrected chi connectivity index (χ3v) is 2.66. The standard InChI is InChI=1S/C13H15FN2O/c1-2-3-9-6-10(14)4-5-11(9)12-7-15-13(8-17)16-12/h4-7,17H,2-3,8H2,1H3,(H,15,16). The number of aromatic amines is 1. The van der Waals surface area contributed by atoms with Crippen LogP contribution < -0.4 is 0 Å².